The van der Waals surface area contributed by atoms with E-state index in [2.05, 4.69) is 5.32 Å². The maximum absolute atomic E-state index is 12.9. The molecule has 0 fully saturated rings. The van der Waals surface area contributed by atoms with Gasteiger partial charge in [-0.05, 0) is 31.0 Å². The quantitative estimate of drug-likeness (QED) is 0.756. The van der Waals surface area contributed by atoms with Gasteiger partial charge in [-0.25, -0.2) is 9.18 Å². The Morgan fingerprint density at radius 3 is 2.75 bits per heavy atom. The van der Waals surface area contributed by atoms with Crippen molar-refractivity contribution in [2.45, 2.75) is 18.9 Å². The third-order valence-electron chi connectivity index (χ3n) is 2.62. The van der Waals surface area contributed by atoms with Crippen LogP contribution in [0.2, 0.25) is 5.02 Å². The van der Waals surface area contributed by atoms with E-state index in [-0.39, 0.29) is 17.0 Å². The molecule has 0 aliphatic rings. The van der Waals surface area contributed by atoms with E-state index in [9.17, 15) is 14.0 Å². The predicted molar refractivity (Wildman–Crippen MR) is 71.4 cm³/mol. The van der Waals surface area contributed by atoms with Crippen molar-refractivity contribution in [1.29, 1.82) is 0 Å². The van der Waals surface area contributed by atoms with Gasteiger partial charge in [0.2, 0.25) is 0 Å². The summed E-state index contributed by atoms with van der Waals surface area (Å²) in [6, 6.07) is 2.25. The zero-order valence-corrected chi connectivity index (χ0v) is 11.6. The highest BCUT2D eigenvalue weighted by atomic mass is 35.5. The molecule has 0 aliphatic carbocycles. The number of halogens is 2. The molecule has 0 aromatic heterocycles. The smallest absolute Gasteiger partial charge is 0.326 e. The number of carboxylic acid groups (broad SMARTS) is 1. The standard InChI is InChI=1S/C13H15ClFNO4/c1-20-6-2-3-11(13(18)19)16-12(17)9-5-4-8(15)7-10(9)14/h4-5,7,11H,2-3,6H2,1H3,(H,16,17)(H,18,19). The second-order valence-electron chi connectivity index (χ2n) is 4.12. The number of ether oxygens (including phenoxy) is 1. The predicted octanol–water partition coefficient (Wildman–Crippen LogP) is 2.09. The number of hydrogen-bond donors (Lipinski definition) is 2. The summed E-state index contributed by atoms with van der Waals surface area (Å²) in [7, 11) is 1.51. The molecule has 0 aliphatic heterocycles. The highest BCUT2D eigenvalue weighted by Crippen LogP contribution is 2.17. The molecule has 0 radical (unpaired) electrons. The summed E-state index contributed by atoms with van der Waals surface area (Å²) in [6.07, 6.45) is 0.721. The highest BCUT2D eigenvalue weighted by molar-refractivity contribution is 6.33. The van der Waals surface area contributed by atoms with Crippen LogP contribution in [-0.4, -0.2) is 36.7 Å². The molecule has 1 unspecified atom stereocenters. The fourth-order valence-electron chi connectivity index (χ4n) is 1.60. The topological polar surface area (TPSA) is 75.6 Å². The lowest BCUT2D eigenvalue weighted by atomic mass is 10.1. The third kappa shape index (κ3) is 4.79. The first kappa shape index (κ1) is 16.4. The summed E-state index contributed by atoms with van der Waals surface area (Å²) >= 11 is 5.75. The van der Waals surface area contributed by atoms with Crippen LogP contribution in [0, 0.1) is 5.82 Å². The molecule has 5 nitrogen and oxygen atoms in total. The number of rotatable bonds is 7. The fraction of sp³-hybridized carbons (Fsp3) is 0.385. The fourth-order valence-corrected chi connectivity index (χ4v) is 1.85. The Labute approximate surface area is 120 Å². The van der Waals surface area contributed by atoms with Gasteiger partial charge >= 0.3 is 5.97 Å². The van der Waals surface area contributed by atoms with Crippen LogP contribution in [0.3, 0.4) is 0 Å². The van der Waals surface area contributed by atoms with E-state index in [4.69, 9.17) is 21.4 Å². The van der Waals surface area contributed by atoms with Crippen molar-refractivity contribution < 1.29 is 23.8 Å². The number of benzene rings is 1. The van der Waals surface area contributed by atoms with Crippen molar-refractivity contribution >= 4 is 23.5 Å². The number of amides is 1. The van der Waals surface area contributed by atoms with E-state index >= 15 is 0 Å². The van der Waals surface area contributed by atoms with Gasteiger partial charge in [-0.3, -0.25) is 4.79 Å². The maximum Gasteiger partial charge on any atom is 0.326 e. The van der Waals surface area contributed by atoms with Gasteiger partial charge in [0, 0.05) is 13.7 Å². The van der Waals surface area contributed by atoms with Gasteiger partial charge < -0.3 is 15.2 Å². The van der Waals surface area contributed by atoms with Crippen LogP contribution in [-0.2, 0) is 9.53 Å². The van der Waals surface area contributed by atoms with Gasteiger partial charge in [-0.15, -0.1) is 0 Å². The van der Waals surface area contributed by atoms with E-state index in [1.807, 2.05) is 0 Å². The minimum Gasteiger partial charge on any atom is -0.480 e. The van der Waals surface area contributed by atoms with Crippen LogP contribution < -0.4 is 5.32 Å². The molecule has 1 aromatic carbocycles. The molecule has 1 rings (SSSR count). The van der Waals surface area contributed by atoms with Crippen LogP contribution in [0.25, 0.3) is 0 Å². The van der Waals surface area contributed by atoms with E-state index in [1.54, 1.807) is 0 Å². The monoisotopic (exact) mass is 303 g/mol. The van der Waals surface area contributed by atoms with Crippen molar-refractivity contribution in [3.05, 3.63) is 34.6 Å². The normalized spacial score (nSPS) is 11.9. The summed E-state index contributed by atoms with van der Waals surface area (Å²) in [5, 5.41) is 11.3. The highest BCUT2D eigenvalue weighted by Gasteiger charge is 2.21. The van der Waals surface area contributed by atoms with Crippen LogP contribution in [0.15, 0.2) is 18.2 Å². The molecule has 0 spiro atoms. The van der Waals surface area contributed by atoms with Gasteiger partial charge in [0.05, 0.1) is 10.6 Å². The molecule has 1 aromatic rings. The van der Waals surface area contributed by atoms with Crippen molar-refractivity contribution in [2.24, 2.45) is 0 Å². The van der Waals surface area contributed by atoms with Crippen LogP contribution in [0.4, 0.5) is 4.39 Å². The number of carbonyl (C=O) groups is 2. The van der Waals surface area contributed by atoms with Gasteiger partial charge in [-0.2, -0.15) is 0 Å². The zero-order chi connectivity index (χ0) is 15.1. The van der Waals surface area contributed by atoms with E-state index in [0.717, 1.165) is 12.1 Å². The molecule has 0 heterocycles. The number of carboxylic acids is 1. The Balaban J connectivity index is 2.72. The SMILES string of the molecule is COCCCC(NC(=O)c1ccc(F)cc1Cl)C(=O)O. The summed E-state index contributed by atoms with van der Waals surface area (Å²) in [4.78, 5) is 23.0. The Kier molecular flexibility index (Phi) is 6.41. The van der Waals surface area contributed by atoms with E-state index in [1.165, 1.54) is 13.2 Å². The van der Waals surface area contributed by atoms with Gasteiger partial charge in [-0.1, -0.05) is 11.6 Å². The molecule has 20 heavy (non-hydrogen) atoms. The Hall–Kier alpha value is -1.66. The summed E-state index contributed by atoms with van der Waals surface area (Å²) < 4.78 is 17.7. The summed E-state index contributed by atoms with van der Waals surface area (Å²) in [6.45, 7) is 0.400. The molecule has 1 amide bonds. The molecule has 0 saturated heterocycles. The molecule has 7 heteroatoms. The maximum atomic E-state index is 12.9. The van der Waals surface area contributed by atoms with Crippen molar-refractivity contribution in [2.75, 3.05) is 13.7 Å². The minimum atomic E-state index is -1.15. The number of hydrogen-bond acceptors (Lipinski definition) is 3. The van der Waals surface area contributed by atoms with Crippen LogP contribution in [0.5, 0.6) is 0 Å². The lowest BCUT2D eigenvalue weighted by Gasteiger charge is -2.14. The Morgan fingerprint density at radius 2 is 2.20 bits per heavy atom. The van der Waals surface area contributed by atoms with Crippen molar-refractivity contribution in [3.8, 4) is 0 Å². The van der Waals surface area contributed by atoms with Crippen molar-refractivity contribution in [1.82, 2.24) is 5.32 Å². The van der Waals surface area contributed by atoms with E-state index in [0.29, 0.717) is 13.0 Å². The number of aliphatic carboxylic acids is 1. The Morgan fingerprint density at radius 1 is 1.50 bits per heavy atom. The summed E-state index contributed by atoms with van der Waals surface area (Å²) in [5.74, 6) is -2.37. The first-order chi connectivity index (χ1) is 9.45. The van der Waals surface area contributed by atoms with Gasteiger partial charge in [0.15, 0.2) is 0 Å². The molecule has 2 N–H and O–H groups in total. The van der Waals surface area contributed by atoms with Crippen molar-refractivity contribution in [3.63, 3.8) is 0 Å². The van der Waals surface area contributed by atoms with E-state index < -0.39 is 23.7 Å². The second-order valence-corrected chi connectivity index (χ2v) is 4.53. The molecule has 1 atom stereocenters. The summed E-state index contributed by atoms with van der Waals surface area (Å²) in [5.41, 5.74) is 0.0334. The van der Waals surface area contributed by atoms with Crippen LogP contribution in [0.1, 0.15) is 23.2 Å². The second kappa shape index (κ2) is 7.81. The van der Waals surface area contributed by atoms with Crippen LogP contribution >= 0.6 is 11.6 Å². The molecule has 0 bridgehead atoms. The number of nitrogens with one attached hydrogen (secondary N) is 1. The Bertz CT molecular complexity index is 495. The van der Waals surface area contributed by atoms with Gasteiger partial charge in [0.1, 0.15) is 11.9 Å². The average molecular weight is 304 g/mol. The lowest BCUT2D eigenvalue weighted by molar-refractivity contribution is -0.139. The first-order valence-corrected chi connectivity index (χ1v) is 6.31. The molecular weight excluding hydrogens is 289 g/mol. The van der Waals surface area contributed by atoms with Gasteiger partial charge in [0.25, 0.3) is 5.91 Å². The average Bonchev–Trinajstić information content (AvgIpc) is 2.37. The minimum absolute atomic E-state index is 0.0334. The molecule has 110 valence electrons. The first-order valence-electron chi connectivity index (χ1n) is 5.93. The third-order valence-corrected chi connectivity index (χ3v) is 2.93. The lowest BCUT2D eigenvalue weighted by Crippen LogP contribution is -2.41. The largest absolute Gasteiger partial charge is 0.480 e. The number of methoxy groups -OCH3 is 1. The molecular formula is C13H15ClFNO4. The molecule has 0 saturated carbocycles. The zero-order valence-electron chi connectivity index (χ0n) is 10.9. The number of carbonyl (C=O) groups excluding carboxylic acids is 1.